The van der Waals surface area contributed by atoms with E-state index in [2.05, 4.69) is 10.1 Å². The molecule has 0 atom stereocenters. The Bertz CT molecular complexity index is 667. The smallest absolute Gasteiger partial charge is 0.325 e. The Morgan fingerprint density at radius 3 is 2.48 bits per heavy atom. The zero-order chi connectivity index (χ0) is 15.3. The van der Waals surface area contributed by atoms with E-state index >= 15 is 0 Å². The van der Waals surface area contributed by atoms with Crippen LogP contribution in [0.1, 0.15) is 12.0 Å². The fourth-order valence-electron chi connectivity index (χ4n) is 1.90. The summed E-state index contributed by atoms with van der Waals surface area (Å²) >= 11 is 0. The van der Waals surface area contributed by atoms with Gasteiger partial charge in [-0.1, -0.05) is 12.1 Å². The molecule has 1 aromatic carbocycles. The number of nitrogens with zero attached hydrogens (tertiary/aromatic N) is 2. The molecule has 1 aliphatic carbocycles. The second kappa shape index (κ2) is 6.66. The quantitative estimate of drug-likeness (QED) is 0.441. The van der Waals surface area contributed by atoms with Crippen LogP contribution in [0.4, 0.5) is 5.69 Å². The fraction of sp³-hybridized carbons (Fsp3) is 0.214. The highest BCUT2D eigenvalue weighted by atomic mass is 31.2. The largest absolute Gasteiger partial charge is 0.361 e. The van der Waals surface area contributed by atoms with Gasteiger partial charge in [0.2, 0.25) is 0 Å². The number of rotatable bonds is 5. The van der Waals surface area contributed by atoms with Crippen molar-refractivity contribution < 1.29 is 19.1 Å². The molecule has 1 aromatic rings. The highest BCUT2D eigenvalue weighted by molar-refractivity contribution is 7.51. The summed E-state index contributed by atoms with van der Waals surface area (Å²) in [6.07, 6.45) is 6.24. The Balaban J connectivity index is 1.94. The predicted molar refractivity (Wildman–Crippen MR) is 81.1 cm³/mol. The van der Waals surface area contributed by atoms with E-state index in [4.69, 9.17) is 15.3 Å². The minimum atomic E-state index is -3.95. The number of allylic oxidation sites excluding steroid dienone is 3. The van der Waals surface area contributed by atoms with Crippen molar-refractivity contribution in [3.8, 4) is 0 Å². The van der Waals surface area contributed by atoms with E-state index in [1.807, 2.05) is 36.4 Å². The summed E-state index contributed by atoms with van der Waals surface area (Å²) in [5.74, 6) is 0. The van der Waals surface area contributed by atoms with Gasteiger partial charge in [0.15, 0.2) is 0 Å². The molecule has 0 unspecified atom stereocenters. The molecule has 0 fully saturated rings. The average molecular weight is 305 g/mol. The summed E-state index contributed by atoms with van der Waals surface area (Å²) in [7, 11) is -3.95. The molecule has 2 rings (SSSR count). The number of aryl methyl sites for hydroxylation is 1. The van der Waals surface area contributed by atoms with E-state index in [1.165, 1.54) is 0 Å². The van der Waals surface area contributed by atoms with Crippen LogP contribution in [0.15, 0.2) is 48.2 Å². The van der Waals surface area contributed by atoms with Crippen molar-refractivity contribution >= 4 is 19.0 Å². The first kappa shape index (κ1) is 15.4. The minimum absolute atomic E-state index is 0.142. The molecular formula is C14H16N3O3P. The summed E-state index contributed by atoms with van der Waals surface area (Å²) in [6, 6.07) is 7.40. The van der Waals surface area contributed by atoms with E-state index in [-0.39, 0.29) is 6.16 Å². The molecule has 0 aliphatic heterocycles. The van der Waals surface area contributed by atoms with Crippen LogP contribution in [0.5, 0.6) is 0 Å². The van der Waals surface area contributed by atoms with E-state index < -0.39 is 7.60 Å². The zero-order valence-electron chi connectivity index (χ0n) is 11.3. The minimum Gasteiger partial charge on any atom is -0.361 e. The Kier molecular flexibility index (Phi) is 4.89. The van der Waals surface area contributed by atoms with Crippen molar-refractivity contribution in [1.29, 1.82) is 0 Å². The lowest BCUT2D eigenvalue weighted by atomic mass is 10.1. The van der Waals surface area contributed by atoms with E-state index in [0.717, 1.165) is 16.9 Å². The van der Waals surface area contributed by atoms with Crippen LogP contribution >= 0.6 is 7.60 Å². The molecule has 0 saturated carbocycles. The van der Waals surface area contributed by atoms with Gasteiger partial charge in [-0.3, -0.25) is 4.57 Å². The molecule has 0 bridgehead atoms. The first-order chi connectivity index (χ1) is 9.96. The fourth-order valence-corrected chi connectivity index (χ4v) is 2.45. The molecule has 0 radical (unpaired) electrons. The number of nitrogens with one attached hydrogen (secondary N) is 1. The third kappa shape index (κ3) is 5.14. The molecule has 0 saturated heterocycles. The molecule has 0 spiro atoms. The Morgan fingerprint density at radius 2 is 1.95 bits per heavy atom. The van der Waals surface area contributed by atoms with Crippen molar-refractivity contribution in [1.82, 2.24) is 0 Å². The van der Waals surface area contributed by atoms with E-state index in [9.17, 15) is 4.57 Å². The van der Waals surface area contributed by atoms with Crippen molar-refractivity contribution in [2.45, 2.75) is 12.8 Å². The van der Waals surface area contributed by atoms with Gasteiger partial charge in [-0.25, -0.2) is 0 Å². The Hall–Kier alpha value is -1.97. The van der Waals surface area contributed by atoms with Gasteiger partial charge < -0.3 is 20.6 Å². The van der Waals surface area contributed by atoms with Crippen LogP contribution in [0.3, 0.4) is 0 Å². The van der Waals surface area contributed by atoms with Gasteiger partial charge >= 0.3 is 7.60 Å². The SMILES string of the molecule is [N-]=[N+]=C1C=CC(Nc2ccc(CCP(=O)(O)O)cc2)=CC1. The van der Waals surface area contributed by atoms with Gasteiger partial charge in [0.05, 0.1) is 12.6 Å². The van der Waals surface area contributed by atoms with Crippen LogP contribution in [0, 0.1) is 0 Å². The second-order valence-electron chi connectivity index (χ2n) is 4.75. The lowest BCUT2D eigenvalue weighted by Gasteiger charge is -2.10. The van der Waals surface area contributed by atoms with Gasteiger partial charge in [0, 0.05) is 17.5 Å². The number of hydrogen-bond donors (Lipinski definition) is 3. The average Bonchev–Trinajstić information content (AvgIpc) is 2.46. The number of hydrogen-bond acceptors (Lipinski definition) is 2. The molecule has 6 nitrogen and oxygen atoms in total. The lowest BCUT2D eigenvalue weighted by molar-refractivity contribution is -0.00540. The third-order valence-corrected chi connectivity index (χ3v) is 3.86. The predicted octanol–water partition coefficient (Wildman–Crippen LogP) is 2.33. The van der Waals surface area contributed by atoms with Gasteiger partial charge in [-0.2, -0.15) is 4.79 Å². The van der Waals surface area contributed by atoms with Crippen LogP contribution in [-0.2, 0) is 11.0 Å². The van der Waals surface area contributed by atoms with Crippen LogP contribution < -0.4 is 5.32 Å². The third-order valence-electron chi connectivity index (χ3n) is 3.05. The number of anilines is 1. The van der Waals surface area contributed by atoms with Crippen molar-refractivity contribution in [2.24, 2.45) is 0 Å². The second-order valence-corrected chi connectivity index (χ2v) is 6.53. The Labute approximate surface area is 122 Å². The molecule has 0 amide bonds. The first-order valence-electron chi connectivity index (χ1n) is 6.46. The molecule has 0 heterocycles. The first-order valence-corrected chi connectivity index (χ1v) is 8.26. The van der Waals surface area contributed by atoms with Gasteiger partial charge in [-0.05, 0) is 36.3 Å². The van der Waals surface area contributed by atoms with Crippen molar-refractivity contribution in [3.05, 3.63) is 59.3 Å². The van der Waals surface area contributed by atoms with Gasteiger partial charge in [0.25, 0.3) is 5.71 Å². The molecule has 3 N–H and O–H groups in total. The van der Waals surface area contributed by atoms with Crippen molar-refractivity contribution in [3.63, 3.8) is 0 Å². The van der Waals surface area contributed by atoms with Gasteiger partial charge in [-0.15, -0.1) is 0 Å². The molecule has 110 valence electrons. The summed E-state index contributed by atoms with van der Waals surface area (Å²) in [4.78, 5) is 20.8. The molecule has 21 heavy (non-hydrogen) atoms. The van der Waals surface area contributed by atoms with Crippen LogP contribution in [-0.4, -0.2) is 26.5 Å². The monoisotopic (exact) mass is 305 g/mol. The summed E-state index contributed by atoms with van der Waals surface area (Å²) in [6.45, 7) is 0. The van der Waals surface area contributed by atoms with E-state index in [1.54, 1.807) is 6.08 Å². The normalized spacial score (nSPS) is 14.6. The maximum atomic E-state index is 10.8. The number of benzene rings is 1. The summed E-state index contributed by atoms with van der Waals surface area (Å²) in [5.41, 5.74) is 11.9. The summed E-state index contributed by atoms with van der Waals surface area (Å²) in [5, 5.41) is 3.21. The Morgan fingerprint density at radius 1 is 1.24 bits per heavy atom. The van der Waals surface area contributed by atoms with Crippen LogP contribution in [0.2, 0.25) is 0 Å². The topological polar surface area (TPSA) is 106 Å². The zero-order valence-corrected chi connectivity index (χ0v) is 12.2. The standard InChI is InChI=1S/C14H16N3O3P/c15-17-14-7-5-13(6-8-14)16-12-3-1-11(2-4-12)9-10-21(18,19)20/h1-7,16H,8-10H2,(H2,18,19,20). The highest BCUT2D eigenvalue weighted by Crippen LogP contribution is 2.34. The molecule has 1 aliphatic rings. The lowest BCUT2D eigenvalue weighted by Crippen LogP contribution is -2.05. The molecular weight excluding hydrogens is 289 g/mol. The van der Waals surface area contributed by atoms with Gasteiger partial charge in [0.1, 0.15) is 0 Å². The maximum Gasteiger partial charge on any atom is 0.325 e. The van der Waals surface area contributed by atoms with Crippen LogP contribution in [0.25, 0.3) is 5.53 Å². The molecule has 7 heteroatoms. The maximum absolute atomic E-state index is 10.8. The summed E-state index contributed by atoms with van der Waals surface area (Å²) < 4.78 is 10.8. The molecule has 0 aromatic heterocycles. The van der Waals surface area contributed by atoms with E-state index in [0.29, 0.717) is 18.6 Å². The highest BCUT2D eigenvalue weighted by Gasteiger charge is 2.12. The van der Waals surface area contributed by atoms with Crippen molar-refractivity contribution in [2.75, 3.05) is 11.5 Å².